The monoisotopic (exact) mass is 783 g/mol. The average Bonchev–Trinajstić information content (AvgIpc) is 3.06. The summed E-state index contributed by atoms with van der Waals surface area (Å²) in [5, 5.41) is 3.05. The summed E-state index contributed by atoms with van der Waals surface area (Å²) in [5.74, 6) is -0.265. The minimum atomic E-state index is -4.22. The van der Waals surface area contributed by atoms with Gasteiger partial charge in [0.05, 0.1) is 17.2 Å². The van der Waals surface area contributed by atoms with Crippen LogP contribution in [0.2, 0.25) is 0 Å². The lowest BCUT2D eigenvalue weighted by molar-refractivity contribution is -0.140. The van der Waals surface area contributed by atoms with Gasteiger partial charge in [-0.25, -0.2) is 8.42 Å². The number of sulfonamides is 1. The minimum absolute atomic E-state index is 0.0243. The van der Waals surface area contributed by atoms with Crippen LogP contribution < -0.4 is 14.4 Å². The summed E-state index contributed by atoms with van der Waals surface area (Å²) in [6.07, 6.45) is 0.950. The molecule has 4 aromatic carbocycles. The van der Waals surface area contributed by atoms with Gasteiger partial charge in [-0.15, -0.1) is 0 Å². The largest absolute Gasteiger partial charge is 0.494 e. The van der Waals surface area contributed by atoms with Crippen molar-refractivity contribution in [1.29, 1.82) is 0 Å². The van der Waals surface area contributed by atoms with E-state index in [1.807, 2.05) is 75.4 Å². The van der Waals surface area contributed by atoms with Gasteiger partial charge >= 0.3 is 0 Å². The number of halogens is 2. The predicted octanol–water partition coefficient (Wildman–Crippen LogP) is 7.36. The topological polar surface area (TPSA) is 96.0 Å². The fourth-order valence-electron chi connectivity index (χ4n) is 4.96. The molecule has 8 nitrogen and oxygen atoms in total. The molecule has 248 valence electrons. The van der Waals surface area contributed by atoms with Gasteiger partial charge in [-0.3, -0.25) is 13.9 Å². The second-order valence-electron chi connectivity index (χ2n) is 11.1. The molecule has 0 saturated heterocycles. The number of anilines is 1. The average molecular weight is 786 g/mol. The number of hydrogen-bond donors (Lipinski definition) is 1. The van der Waals surface area contributed by atoms with Gasteiger partial charge in [0.15, 0.2) is 0 Å². The molecule has 0 aliphatic heterocycles. The highest BCUT2D eigenvalue weighted by molar-refractivity contribution is 9.10. The summed E-state index contributed by atoms with van der Waals surface area (Å²) in [4.78, 5) is 30.1. The summed E-state index contributed by atoms with van der Waals surface area (Å²) >= 11 is 6.88. The Morgan fingerprint density at radius 2 is 1.49 bits per heavy atom. The highest BCUT2D eigenvalue weighted by Crippen LogP contribution is 2.28. The first-order chi connectivity index (χ1) is 22.5. The lowest BCUT2D eigenvalue weighted by Gasteiger charge is -2.34. The van der Waals surface area contributed by atoms with Gasteiger partial charge in [-0.2, -0.15) is 0 Å². The molecule has 4 aromatic rings. The molecule has 0 aromatic heterocycles. The van der Waals surface area contributed by atoms with Crippen molar-refractivity contribution in [3.8, 4) is 5.75 Å². The Morgan fingerprint density at radius 1 is 0.830 bits per heavy atom. The molecule has 0 saturated carbocycles. The SMILES string of the molecule is CCOc1ccc(N(CC(=O)N(Cc2cccc(Br)c2)[C@@H](Cc2ccccc2)C(=O)N[C@@H](C)CC)S(=O)(=O)c2ccc(Br)cc2)cc1. The van der Waals surface area contributed by atoms with Gasteiger partial charge in [0.1, 0.15) is 18.3 Å². The van der Waals surface area contributed by atoms with Crippen LogP contribution in [-0.2, 0) is 32.6 Å². The highest BCUT2D eigenvalue weighted by atomic mass is 79.9. The van der Waals surface area contributed by atoms with E-state index in [2.05, 4.69) is 37.2 Å². The third-order valence-corrected chi connectivity index (χ3v) is 10.4. The van der Waals surface area contributed by atoms with E-state index in [1.165, 1.54) is 17.0 Å². The summed E-state index contributed by atoms with van der Waals surface area (Å²) in [5.41, 5.74) is 1.94. The van der Waals surface area contributed by atoms with Gasteiger partial charge in [-0.1, -0.05) is 81.2 Å². The number of nitrogens with one attached hydrogen (secondary N) is 1. The molecular weight excluding hydrogens is 746 g/mol. The fraction of sp³-hybridized carbons (Fsp3) is 0.278. The van der Waals surface area contributed by atoms with Crippen molar-refractivity contribution in [3.05, 3.63) is 123 Å². The van der Waals surface area contributed by atoms with E-state index < -0.39 is 28.5 Å². The number of rotatable bonds is 15. The summed E-state index contributed by atoms with van der Waals surface area (Å²) in [7, 11) is -4.22. The van der Waals surface area contributed by atoms with Crippen molar-refractivity contribution in [2.75, 3.05) is 17.5 Å². The van der Waals surface area contributed by atoms with E-state index in [0.717, 1.165) is 24.4 Å². The van der Waals surface area contributed by atoms with Crippen LogP contribution in [0.5, 0.6) is 5.75 Å². The Bertz CT molecular complexity index is 1740. The van der Waals surface area contributed by atoms with Gasteiger partial charge < -0.3 is 15.0 Å². The number of benzene rings is 4. The van der Waals surface area contributed by atoms with Gasteiger partial charge in [0, 0.05) is 28.0 Å². The molecule has 2 amide bonds. The Labute approximate surface area is 294 Å². The molecule has 0 unspecified atom stereocenters. The smallest absolute Gasteiger partial charge is 0.264 e. The second-order valence-corrected chi connectivity index (χ2v) is 14.8. The second kappa shape index (κ2) is 16.9. The molecular formula is C36H39Br2N3O5S. The number of carbonyl (C=O) groups excluding carboxylic acids is 2. The number of carbonyl (C=O) groups is 2. The Hall–Kier alpha value is -3.67. The molecule has 0 bridgehead atoms. The third kappa shape index (κ3) is 9.92. The van der Waals surface area contributed by atoms with Crippen molar-refractivity contribution in [2.45, 2.75) is 57.1 Å². The molecule has 0 heterocycles. The maximum atomic E-state index is 14.6. The van der Waals surface area contributed by atoms with Crippen LogP contribution in [-0.4, -0.2) is 50.4 Å². The van der Waals surface area contributed by atoms with E-state index in [-0.39, 0.29) is 35.5 Å². The molecule has 4 rings (SSSR count). The lowest BCUT2D eigenvalue weighted by atomic mass is 10.0. The molecule has 0 radical (unpaired) electrons. The van der Waals surface area contributed by atoms with Crippen LogP contribution >= 0.6 is 31.9 Å². The standard InChI is InChI=1S/C36H39Br2N3O5S/c1-4-26(3)39-36(43)34(23-27-10-7-6-8-11-27)40(24-28-12-9-13-30(38)22-28)35(42)25-41(31-16-18-32(19-17-31)46-5-2)47(44,45)33-20-14-29(37)15-21-33/h6-22,26,34H,4-5,23-25H2,1-3H3,(H,39,43)/t26-,34-/m0/s1. The number of ether oxygens (including phenoxy) is 1. The van der Waals surface area contributed by atoms with Crippen molar-refractivity contribution in [1.82, 2.24) is 10.2 Å². The molecule has 2 atom stereocenters. The normalized spacial score (nSPS) is 12.5. The number of nitrogens with zero attached hydrogens (tertiary/aromatic N) is 2. The fourth-order valence-corrected chi connectivity index (χ4v) is 7.09. The zero-order valence-corrected chi connectivity index (χ0v) is 30.6. The molecule has 0 fully saturated rings. The van der Waals surface area contributed by atoms with Crippen LogP contribution in [0.15, 0.2) is 117 Å². The van der Waals surface area contributed by atoms with Crippen LogP contribution in [0.3, 0.4) is 0 Å². The molecule has 1 N–H and O–H groups in total. The zero-order valence-electron chi connectivity index (χ0n) is 26.6. The van der Waals surface area contributed by atoms with Crippen LogP contribution in [0, 0.1) is 0 Å². The van der Waals surface area contributed by atoms with Crippen LogP contribution in [0.4, 0.5) is 5.69 Å². The van der Waals surface area contributed by atoms with E-state index >= 15 is 0 Å². The Morgan fingerprint density at radius 3 is 2.11 bits per heavy atom. The molecule has 0 spiro atoms. The Kier molecular flexibility index (Phi) is 13.0. The van der Waals surface area contributed by atoms with Crippen molar-refractivity contribution in [3.63, 3.8) is 0 Å². The van der Waals surface area contributed by atoms with Gasteiger partial charge in [0.2, 0.25) is 11.8 Å². The molecule has 0 aliphatic rings. The Balaban J connectivity index is 1.81. The van der Waals surface area contributed by atoms with E-state index in [9.17, 15) is 18.0 Å². The number of hydrogen-bond acceptors (Lipinski definition) is 5. The first-order valence-corrected chi connectivity index (χ1v) is 18.4. The summed E-state index contributed by atoms with van der Waals surface area (Å²) in [6.45, 7) is 5.74. The van der Waals surface area contributed by atoms with Crippen molar-refractivity contribution >= 4 is 59.4 Å². The molecule has 0 aliphatic carbocycles. The van der Waals surface area contributed by atoms with Crippen molar-refractivity contribution in [2.24, 2.45) is 0 Å². The van der Waals surface area contributed by atoms with Crippen molar-refractivity contribution < 1.29 is 22.7 Å². The lowest BCUT2D eigenvalue weighted by Crippen LogP contribution is -2.54. The predicted molar refractivity (Wildman–Crippen MR) is 193 cm³/mol. The summed E-state index contributed by atoms with van der Waals surface area (Å²) in [6, 6.07) is 28.8. The quantitative estimate of drug-likeness (QED) is 0.136. The van der Waals surface area contributed by atoms with Crippen LogP contribution in [0.25, 0.3) is 0 Å². The maximum absolute atomic E-state index is 14.6. The maximum Gasteiger partial charge on any atom is 0.264 e. The zero-order chi connectivity index (χ0) is 34.0. The number of amides is 2. The van der Waals surface area contributed by atoms with E-state index in [4.69, 9.17) is 4.74 Å². The van der Waals surface area contributed by atoms with E-state index in [1.54, 1.807) is 36.4 Å². The third-order valence-electron chi connectivity index (χ3n) is 7.63. The van der Waals surface area contributed by atoms with Crippen LogP contribution in [0.1, 0.15) is 38.3 Å². The van der Waals surface area contributed by atoms with Gasteiger partial charge in [-0.05, 0) is 92.1 Å². The highest BCUT2D eigenvalue weighted by Gasteiger charge is 2.35. The summed E-state index contributed by atoms with van der Waals surface area (Å²) < 4.78 is 36.6. The van der Waals surface area contributed by atoms with Gasteiger partial charge in [0.25, 0.3) is 10.0 Å². The first kappa shape index (κ1) is 36.2. The molecule has 11 heteroatoms. The first-order valence-electron chi connectivity index (χ1n) is 15.4. The van der Waals surface area contributed by atoms with E-state index in [0.29, 0.717) is 18.8 Å². The molecule has 47 heavy (non-hydrogen) atoms. The minimum Gasteiger partial charge on any atom is -0.494 e.